The zero-order chi connectivity index (χ0) is 20.4. The summed E-state index contributed by atoms with van der Waals surface area (Å²) in [4.78, 5) is 13.5. The van der Waals surface area contributed by atoms with E-state index in [1.807, 2.05) is 0 Å². The van der Waals surface area contributed by atoms with Gasteiger partial charge in [-0.1, -0.05) is 40.0 Å². The summed E-state index contributed by atoms with van der Waals surface area (Å²) in [6, 6.07) is 3.68. The van der Waals surface area contributed by atoms with E-state index < -0.39 is 10.0 Å². The number of nitrogens with one attached hydrogen (secondary N) is 1. The van der Waals surface area contributed by atoms with Crippen LogP contribution in [0.1, 0.15) is 70.6 Å². The van der Waals surface area contributed by atoms with Crippen molar-refractivity contribution in [3.05, 3.63) is 17.0 Å². The van der Waals surface area contributed by atoms with Crippen LogP contribution in [-0.2, 0) is 21.2 Å². The minimum atomic E-state index is -3.41. The van der Waals surface area contributed by atoms with Gasteiger partial charge in [0.25, 0.3) is 10.0 Å². The van der Waals surface area contributed by atoms with E-state index in [-0.39, 0.29) is 23.8 Å². The number of carbonyl (C=O) groups excluding carboxylic acids is 1. The highest BCUT2D eigenvalue weighted by Gasteiger charge is 2.35. The average molecular weight is 427 g/mol. The quantitative estimate of drug-likeness (QED) is 0.768. The van der Waals surface area contributed by atoms with Crippen molar-refractivity contribution < 1.29 is 13.2 Å². The number of hydrogen-bond acceptors (Lipinski definition) is 4. The molecule has 2 unspecified atom stereocenters. The maximum atomic E-state index is 12.8. The third-order valence-electron chi connectivity index (χ3n) is 6.11. The van der Waals surface area contributed by atoms with E-state index in [2.05, 4.69) is 26.1 Å². The molecule has 2 fully saturated rings. The maximum absolute atomic E-state index is 12.8. The van der Waals surface area contributed by atoms with Crippen LogP contribution in [0.4, 0.5) is 0 Å². The van der Waals surface area contributed by atoms with E-state index in [4.69, 9.17) is 0 Å². The van der Waals surface area contributed by atoms with Crippen molar-refractivity contribution in [3.63, 3.8) is 0 Å². The molecule has 2 heterocycles. The van der Waals surface area contributed by atoms with Crippen LogP contribution in [0.3, 0.4) is 0 Å². The molecule has 1 saturated heterocycles. The Morgan fingerprint density at radius 1 is 1.11 bits per heavy atom. The summed E-state index contributed by atoms with van der Waals surface area (Å²) >= 11 is 1.24. The molecule has 28 heavy (non-hydrogen) atoms. The van der Waals surface area contributed by atoms with Gasteiger partial charge in [0.05, 0.1) is 6.42 Å². The van der Waals surface area contributed by atoms with Crippen LogP contribution in [0.15, 0.2) is 16.3 Å². The standard InChI is InChI=1S/C21H34N2O3S2/c1-21(2,3)17-9-5-6-10-18(17)22-19(24)15-16-11-12-20(27-16)28(25,26)23-13-7-4-8-14-23/h11-12,17-18H,4-10,13-15H2,1-3H3,(H,22,24). The van der Waals surface area contributed by atoms with E-state index in [1.165, 1.54) is 17.8 Å². The molecule has 7 heteroatoms. The number of rotatable bonds is 5. The summed E-state index contributed by atoms with van der Waals surface area (Å²) in [5, 5.41) is 3.24. The molecule has 3 rings (SSSR count). The van der Waals surface area contributed by atoms with Crippen LogP contribution < -0.4 is 5.32 Å². The van der Waals surface area contributed by atoms with Gasteiger partial charge >= 0.3 is 0 Å². The van der Waals surface area contributed by atoms with Crippen LogP contribution in [0.25, 0.3) is 0 Å². The average Bonchev–Trinajstić information content (AvgIpc) is 3.11. The number of sulfonamides is 1. The molecular weight excluding hydrogens is 392 g/mol. The first-order valence-corrected chi connectivity index (χ1v) is 12.8. The van der Waals surface area contributed by atoms with Crippen molar-refractivity contribution in [1.82, 2.24) is 9.62 Å². The first-order chi connectivity index (χ1) is 13.2. The minimum absolute atomic E-state index is 0.00456. The number of nitrogens with zero attached hydrogens (tertiary/aromatic N) is 1. The highest BCUT2D eigenvalue weighted by atomic mass is 32.2. The number of amides is 1. The third-order valence-corrected chi connectivity index (χ3v) is 9.56. The fourth-order valence-electron chi connectivity index (χ4n) is 4.58. The van der Waals surface area contributed by atoms with E-state index in [0.717, 1.165) is 43.4 Å². The largest absolute Gasteiger partial charge is 0.353 e. The van der Waals surface area contributed by atoms with Crippen molar-refractivity contribution in [2.24, 2.45) is 11.3 Å². The predicted molar refractivity (Wildman–Crippen MR) is 114 cm³/mol. The summed E-state index contributed by atoms with van der Waals surface area (Å²) < 4.78 is 27.5. The molecule has 1 aliphatic heterocycles. The van der Waals surface area contributed by atoms with Gasteiger partial charge in [0, 0.05) is 24.0 Å². The Morgan fingerprint density at radius 3 is 2.46 bits per heavy atom. The highest BCUT2D eigenvalue weighted by molar-refractivity contribution is 7.91. The van der Waals surface area contributed by atoms with Crippen molar-refractivity contribution in [1.29, 1.82) is 0 Å². The Bertz CT molecular complexity index is 774. The maximum Gasteiger partial charge on any atom is 0.252 e. The highest BCUT2D eigenvalue weighted by Crippen LogP contribution is 2.38. The monoisotopic (exact) mass is 426 g/mol. The van der Waals surface area contributed by atoms with Gasteiger partial charge in [-0.25, -0.2) is 8.42 Å². The number of thiophene rings is 1. The van der Waals surface area contributed by atoms with E-state index in [9.17, 15) is 13.2 Å². The number of piperidine rings is 1. The molecule has 0 spiro atoms. The molecule has 1 amide bonds. The van der Waals surface area contributed by atoms with E-state index in [1.54, 1.807) is 16.4 Å². The van der Waals surface area contributed by atoms with Gasteiger partial charge in [-0.15, -0.1) is 11.3 Å². The SMILES string of the molecule is CC(C)(C)C1CCCCC1NC(=O)Cc1ccc(S(=O)(=O)N2CCCCC2)s1. The minimum Gasteiger partial charge on any atom is -0.353 e. The second-order valence-corrected chi connectivity index (χ2v) is 12.6. The van der Waals surface area contributed by atoms with Crippen molar-refractivity contribution in [3.8, 4) is 0 Å². The zero-order valence-corrected chi connectivity index (χ0v) is 19.0. The Kier molecular flexibility index (Phi) is 6.88. The van der Waals surface area contributed by atoms with Gasteiger partial charge in [-0.05, 0) is 49.1 Å². The molecule has 2 aliphatic rings. The summed E-state index contributed by atoms with van der Waals surface area (Å²) in [5.74, 6) is 0.494. The van der Waals surface area contributed by atoms with Crippen LogP contribution in [0, 0.1) is 11.3 Å². The van der Waals surface area contributed by atoms with Crippen LogP contribution >= 0.6 is 11.3 Å². The molecule has 0 radical (unpaired) electrons. The molecule has 1 aromatic heterocycles. The first-order valence-electron chi connectivity index (χ1n) is 10.6. The molecule has 0 aromatic carbocycles. The summed E-state index contributed by atoms with van der Waals surface area (Å²) in [7, 11) is -3.41. The van der Waals surface area contributed by atoms with Crippen molar-refractivity contribution >= 4 is 27.3 Å². The van der Waals surface area contributed by atoms with Gasteiger partial charge in [0.15, 0.2) is 0 Å². The summed E-state index contributed by atoms with van der Waals surface area (Å²) in [6.07, 6.45) is 7.79. The van der Waals surface area contributed by atoms with Gasteiger partial charge in [-0.2, -0.15) is 4.31 Å². The summed E-state index contributed by atoms with van der Waals surface area (Å²) in [5.41, 5.74) is 0.178. The van der Waals surface area contributed by atoms with Gasteiger partial charge < -0.3 is 5.32 Å². The number of hydrogen-bond donors (Lipinski definition) is 1. The lowest BCUT2D eigenvalue weighted by atomic mass is 9.69. The molecule has 1 aromatic rings. The Hall–Kier alpha value is -0.920. The van der Waals surface area contributed by atoms with Gasteiger partial charge in [0.1, 0.15) is 4.21 Å². The lowest BCUT2D eigenvalue weighted by Crippen LogP contribution is -2.47. The molecule has 1 N–H and O–H groups in total. The lowest BCUT2D eigenvalue weighted by molar-refractivity contribution is -0.122. The molecular formula is C21H34N2O3S2. The Morgan fingerprint density at radius 2 is 1.79 bits per heavy atom. The zero-order valence-electron chi connectivity index (χ0n) is 17.4. The molecule has 2 atom stereocenters. The van der Waals surface area contributed by atoms with Crippen molar-refractivity contribution in [2.75, 3.05) is 13.1 Å². The summed E-state index contributed by atoms with van der Waals surface area (Å²) in [6.45, 7) is 7.95. The lowest BCUT2D eigenvalue weighted by Gasteiger charge is -2.40. The smallest absolute Gasteiger partial charge is 0.252 e. The second kappa shape index (κ2) is 8.84. The topological polar surface area (TPSA) is 66.5 Å². The second-order valence-electron chi connectivity index (χ2n) is 9.29. The van der Waals surface area contributed by atoms with E-state index >= 15 is 0 Å². The predicted octanol–water partition coefficient (Wildman–Crippen LogP) is 4.19. The van der Waals surface area contributed by atoms with Crippen LogP contribution in [-0.4, -0.2) is 37.8 Å². The first kappa shape index (κ1) is 21.8. The molecule has 5 nitrogen and oxygen atoms in total. The Balaban J connectivity index is 1.62. The van der Waals surface area contributed by atoms with E-state index in [0.29, 0.717) is 23.2 Å². The Labute approximate surface area is 173 Å². The normalized spacial score (nSPS) is 24.8. The molecule has 1 saturated carbocycles. The molecule has 1 aliphatic carbocycles. The number of carbonyl (C=O) groups is 1. The molecule has 158 valence electrons. The third kappa shape index (κ3) is 5.16. The van der Waals surface area contributed by atoms with Crippen LogP contribution in [0.5, 0.6) is 0 Å². The van der Waals surface area contributed by atoms with Gasteiger partial charge in [-0.3, -0.25) is 4.79 Å². The van der Waals surface area contributed by atoms with Crippen LogP contribution in [0.2, 0.25) is 0 Å². The molecule has 0 bridgehead atoms. The fourth-order valence-corrected chi connectivity index (χ4v) is 7.61. The van der Waals surface area contributed by atoms with Crippen molar-refractivity contribution in [2.45, 2.75) is 82.4 Å². The fraction of sp³-hybridized carbons (Fsp3) is 0.762. The van der Waals surface area contributed by atoms with Gasteiger partial charge in [0.2, 0.25) is 5.91 Å².